The number of carbonyl (C=O) groups is 3. The molecular formula is C55H90O6. The zero-order chi connectivity index (χ0) is 44.4. The first-order valence-corrected chi connectivity index (χ1v) is 24.7. The smallest absolute Gasteiger partial charge is 0.306 e. The van der Waals surface area contributed by atoms with Crippen LogP contribution in [-0.4, -0.2) is 37.2 Å². The molecule has 0 rings (SSSR count). The van der Waals surface area contributed by atoms with E-state index in [2.05, 4.69) is 118 Å². The van der Waals surface area contributed by atoms with Gasteiger partial charge in [-0.05, 0) is 103 Å². The van der Waals surface area contributed by atoms with Crippen molar-refractivity contribution in [3.63, 3.8) is 0 Å². The highest BCUT2D eigenvalue weighted by Crippen LogP contribution is 2.12. The maximum Gasteiger partial charge on any atom is 0.306 e. The van der Waals surface area contributed by atoms with Gasteiger partial charge in [-0.25, -0.2) is 0 Å². The van der Waals surface area contributed by atoms with Gasteiger partial charge in [0.2, 0.25) is 0 Å². The Morgan fingerprint density at radius 2 is 0.639 bits per heavy atom. The lowest BCUT2D eigenvalue weighted by atomic mass is 10.1. The molecule has 0 saturated heterocycles. The number of unbranched alkanes of at least 4 members (excludes halogenated alkanes) is 16. The minimum Gasteiger partial charge on any atom is -0.462 e. The minimum atomic E-state index is -0.791. The summed E-state index contributed by atoms with van der Waals surface area (Å²) >= 11 is 0. The molecule has 1 unspecified atom stereocenters. The second-order valence-electron chi connectivity index (χ2n) is 16.0. The molecule has 0 radical (unpaired) electrons. The minimum absolute atomic E-state index is 0.0934. The number of esters is 3. The van der Waals surface area contributed by atoms with Gasteiger partial charge in [0.1, 0.15) is 13.2 Å². The highest BCUT2D eigenvalue weighted by Gasteiger charge is 2.19. The van der Waals surface area contributed by atoms with Crippen LogP contribution >= 0.6 is 0 Å². The number of carbonyl (C=O) groups excluding carboxylic acids is 3. The van der Waals surface area contributed by atoms with E-state index in [1.54, 1.807) is 0 Å². The van der Waals surface area contributed by atoms with Crippen LogP contribution in [0.15, 0.2) is 97.2 Å². The fourth-order valence-electron chi connectivity index (χ4n) is 6.36. The monoisotopic (exact) mass is 847 g/mol. The van der Waals surface area contributed by atoms with Gasteiger partial charge in [-0.15, -0.1) is 0 Å². The van der Waals surface area contributed by atoms with Gasteiger partial charge >= 0.3 is 17.9 Å². The Kier molecular flexibility index (Phi) is 46.0. The topological polar surface area (TPSA) is 78.9 Å². The highest BCUT2D eigenvalue weighted by atomic mass is 16.6. The van der Waals surface area contributed by atoms with E-state index in [1.807, 2.05) is 0 Å². The van der Waals surface area contributed by atoms with Crippen molar-refractivity contribution in [2.75, 3.05) is 13.2 Å². The lowest BCUT2D eigenvalue weighted by Gasteiger charge is -2.18. The van der Waals surface area contributed by atoms with Crippen LogP contribution in [0.5, 0.6) is 0 Å². The molecule has 0 N–H and O–H groups in total. The van der Waals surface area contributed by atoms with Gasteiger partial charge in [-0.3, -0.25) is 14.4 Å². The fraction of sp³-hybridized carbons (Fsp3) is 0.655. The molecule has 0 aliphatic rings. The fourth-order valence-corrected chi connectivity index (χ4v) is 6.36. The van der Waals surface area contributed by atoms with E-state index >= 15 is 0 Å². The molecule has 0 fully saturated rings. The van der Waals surface area contributed by atoms with Crippen molar-refractivity contribution in [2.24, 2.45) is 0 Å². The Balaban J connectivity index is 4.25. The maximum atomic E-state index is 12.7. The van der Waals surface area contributed by atoms with Crippen LogP contribution < -0.4 is 0 Å². The third kappa shape index (κ3) is 47.2. The van der Waals surface area contributed by atoms with Gasteiger partial charge in [0, 0.05) is 19.3 Å². The molecule has 0 aliphatic carbocycles. The van der Waals surface area contributed by atoms with Crippen molar-refractivity contribution in [3.05, 3.63) is 97.2 Å². The number of hydrogen-bond acceptors (Lipinski definition) is 6. The summed E-state index contributed by atoms with van der Waals surface area (Å²) in [6.45, 7) is 6.37. The Labute approximate surface area is 375 Å². The highest BCUT2D eigenvalue weighted by molar-refractivity contribution is 5.71. The Hall–Kier alpha value is -3.67. The van der Waals surface area contributed by atoms with Crippen molar-refractivity contribution in [3.8, 4) is 0 Å². The van der Waals surface area contributed by atoms with Crippen molar-refractivity contribution in [1.29, 1.82) is 0 Å². The average molecular weight is 847 g/mol. The predicted octanol–water partition coefficient (Wildman–Crippen LogP) is 16.2. The van der Waals surface area contributed by atoms with E-state index in [1.165, 1.54) is 38.5 Å². The SMILES string of the molecule is CC/C=C\C/C=C\C/C=C\C/C=C\C/C=C\C/C=C\C/C=C\CCCCCC(=O)OCC(COC(=O)CCCCCCC)OC(=O)CCCCCCC/C=C\CCCCCC. The second-order valence-corrected chi connectivity index (χ2v) is 16.0. The van der Waals surface area contributed by atoms with E-state index in [0.717, 1.165) is 135 Å². The molecule has 0 saturated carbocycles. The van der Waals surface area contributed by atoms with Crippen LogP contribution in [0.3, 0.4) is 0 Å². The third-order valence-corrected chi connectivity index (χ3v) is 10.1. The number of rotatable bonds is 43. The summed E-state index contributed by atoms with van der Waals surface area (Å²) in [5.74, 6) is -0.957. The summed E-state index contributed by atoms with van der Waals surface area (Å²) in [5, 5.41) is 0. The summed E-state index contributed by atoms with van der Waals surface area (Å²) in [7, 11) is 0. The van der Waals surface area contributed by atoms with E-state index in [-0.39, 0.29) is 31.1 Å². The molecule has 0 heterocycles. The summed E-state index contributed by atoms with van der Waals surface area (Å²) in [6, 6.07) is 0. The van der Waals surface area contributed by atoms with Gasteiger partial charge in [0.15, 0.2) is 6.10 Å². The Morgan fingerprint density at radius 1 is 0.344 bits per heavy atom. The molecular weight excluding hydrogens is 757 g/mol. The number of ether oxygens (including phenoxy) is 3. The zero-order valence-electron chi connectivity index (χ0n) is 39.4. The van der Waals surface area contributed by atoms with Gasteiger partial charge in [0.25, 0.3) is 0 Å². The van der Waals surface area contributed by atoms with Crippen molar-refractivity contribution in [2.45, 2.75) is 219 Å². The van der Waals surface area contributed by atoms with Crippen molar-refractivity contribution >= 4 is 17.9 Å². The molecule has 61 heavy (non-hydrogen) atoms. The van der Waals surface area contributed by atoms with Crippen LogP contribution in [-0.2, 0) is 28.6 Å². The molecule has 0 amide bonds. The standard InChI is InChI=1S/C55H90O6/c1-4-7-10-13-15-17-19-21-22-23-24-25-26-27-28-29-30-31-32-34-35-37-39-42-45-48-54(57)60-51-52(50-59-53(56)47-44-41-12-9-6-3)61-55(58)49-46-43-40-38-36-33-20-18-16-14-11-8-5-2/h7,10,15,17-18,20-22,24-25,27-28,30-31,34-35,52H,4-6,8-9,11-14,16,19,23,26,29,32-33,36-51H2,1-3H3/b10-7-,17-15-,20-18-,22-21-,25-24-,28-27-,31-30-,35-34-. The zero-order valence-corrected chi connectivity index (χ0v) is 39.4. The molecule has 0 bridgehead atoms. The van der Waals surface area contributed by atoms with Gasteiger partial charge in [-0.1, -0.05) is 189 Å². The second kappa shape index (κ2) is 49.0. The molecule has 6 nitrogen and oxygen atoms in total. The van der Waals surface area contributed by atoms with E-state index in [0.29, 0.717) is 19.3 Å². The average Bonchev–Trinajstić information content (AvgIpc) is 3.26. The molecule has 0 aromatic rings. The molecule has 0 aliphatic heterocycles. The predicted molar refractivity (Wildman–Crippen MR) is 260 cm³/mol. The lowest BCUT2D eigenvalue weighted by Crippen LogP contribution is -2.30. The first-order chi connectivity index (χ1) is 30.0. The Bertz CT molecular complexity index is 1250. The molecule has 1 atom stereocenters. The molecule has 346 valence electrons. The third-order valence-electron chi connectivity index (χ3n) is 10.1. The first kappa shape index (κ1) is 57.3. The summed E-state index contributed by atoms with van der Waals surface area (Å²) < 4.78 is 16.6. The van der Waals surface area contributed by atoms with E-state index in [4.69, 9.17) is 14.2 Å². The van der Waals surface area contributed by atoms with Crippen LogP contribution in [0.1, 0.15) is 213 Å². The first-order valence-electron chi connectivity index (χ1n) is 24.7. The molecule has 0 aromatic heterocycles. The van der Waals surface area contributed by atoms with Crippen LogP contribution in [0, 0.1) is 0 Å². The number of hydrogen-bond donors (Lipinski definition) is 0. The van der Waals surface area contributed by atoms with Crippen molar-refractivity contribution in [1.82, 2.24) is 0 Å². The lowest BCUT2D eigenvalue weighted by molar-refractivity contribution is -0.167. The summed E-state index contributed by atoms with van der Waals surface area (Å²) in [4.78, 5) is 37.6. The van der Waals surface area contributed by atoms with Gasteiger partial charge < -0.3 is 14.2 Å². The Morgan fingerprint density at radius 3 is 1.05 bits per heavy atom. The largest absolute Gasteiger partial charge is 0.462 e. The van der Waals surface area contributed by atoms with E-state index in [9.17, 15) is 14.4 Å². The number of allylic oxidation sites excluding steroid dienone is 16. The van der Waals surface area contributed by atoms with E-state index < -0.39 is 6.10 Å². The van der Waals surface area contributed by atoms with Crippen LogP contribution in [0.2, 0.25) is 0 Å². The summed E-state index contributed by atoms with van der Waals surface area (Å²) in [6.07, 6.45) is 64.3. The maximum absolute atomic E-state index is 12.7. The quantitative estimate of drug-likeness (QED) is 0.0263. The molecule has 6 heteroatoms. The normalized spacial score (nSPS) is 12.9. The molecule has 0 aromatic carbocycles. The van der Waals surface area contributed by atoms with Gasteiger partial charge in [-0.2, -0.15) is 0 Å². The van der Waals surface area contributed by atoms with Crippen molar-refractivity contribution < 1.29 is 28.6 Å². The van der Waals surface area contributed by atoms with Crippen LogP contribution in [0.4, 0.5) is 0 Å². The van der Waals surface area contributed by atoms with Crippen LogP contribution in [0.25, 0.3) is 0 Å². The summed E-state index contributed by atoms with van der Waals surface area (Å²) in [5.41, 5.74) is 0. The van der Waals surface area contributed by atoms with Gasteiger partial charge in [0.05, 0.1) is 0 Å². The molecule has 0 spiro atoms.